The number of unbranched alkanes of at least 4 members (excludes halogenated alkanes) is 1. The summed E-state index contributed by atoms with van der Waals surface area (Å²) in [6, 6.07) is 3.26. The predicted octanol–water partition coefficient (Wildman–Crippen LogP) is 3.10. The van der Waals surface area contributed by atoms with Crippen LogP contribution in [0.15, 0.2) is 39.8 Å². The largest absolute Gasteiger partial charge is 0.458 e. The minimum absolute atomic E-state index is 0.0649. The van der Waals surface area contributed by atoms with Gasteiger partial charge in [0.15, 0.2) is 5.76 Å². The van der Waals surface area contributed by atoms with Gasteiger partial charge in [0.05, 0.1) is 0 Å². The average molecular weight is 335 g/mol. The monoisotopic (exact) mass is 335 g/mol. The highest BCUT2D eigenvalue weighted by Crippen LogP contribution is 2.31. The van der Waals surface area contributed by atoms with E-state index in [4.69, 9.17) is 4.42 Å². The number of H-pyrrole nitrogens is 1. The SMILES string of the molecule is CCCCC1C=CCN1S(=O)(=O)c1cc(-c2ccn[nH]2)oc1C. The normalized spacial score (nSPS) is 18.8. The maximum atomic E-state index is 13.0. The molecule has 1 atom stereocenters. The van der Waals surface area contributed by atoms with Gasteiger partial charge in [-0.3, -0.25) is 5.10 Å². The fraction of sp³-hybridized carbons (Fsp3) is 0.438. The lowest BCUT2D eigenvalue weighted by molar-refractivity contribution is 0.386. The van der Waals surface area contributed by atoms with Crippen molar-refractivity contribution in [1.82, 2.24) is 14.5 Å². The summed E-state index contributed by atoms with van der Waals surface area (Å²) in [4.78, 5) is 0.229. The van der Waals surface area contributed by atoms with Gasteiger partial charge in [0.2, 0.25) is 10.0 Å². The Kier molecular flexibility index (Phi) is 4.41. The second-order valence-electron chi connectivity index (χ2n) is 5.71. The molecule has 6 nitrogen and oxygen atoms in total. The Hall–Kier alpha value is -1.86. The van der Waals surface area contributed by atoms with Crippen LogP contribution in [0, 0.1) is 6.92 Å². The number of hydrogen-bond acceptors (Lipinski definition) is 4. The van der Waals surface area contributed by atoms with Crippen molar-refractivity contribution >= 4 is 10.0 Å². The molecule has 1 N–H and O–H groups in total. The van der Waals surface area contributed by atoms with Crippen LogP contribution in [0.5, 0.6) is 0 Å². The minimum atomic E-state index is -3.58. The molecule has 3 rings (SSSR count). The van der Waals surface area contributed by atoms with Crippen LogP contribution in [0.4, 0.5) is 0 Å². The lowest BCUT2D eigenvalue weighted by atomic mass is 10.1. The second kappa shape index (κ2) is 6.33. The van der Waals surface area contributed by atoms with Gasteiger partial charge >= 0.3 is 0 Å². The van der Waals surface area contributed by atoms with Crippen LogP contribution < -0.4 is 0 Å². The van der Waals surface area contributed by atoms with E-state index in [1.165, 1.54) is 0 Å². The molecule has 0 aliphatic carbocycles. The maximum Gasteiger partial charge on any atom is 0.247 e. The molecular formula is C16H21N3O3S. The highest BCUT2D eigenvalue weighted by Gasteiger charge is 2.34. The molecule has 124 valence electrons. The summed E-state index contributed by atoms with van der Waals surface area (Å²) in [5, 5.41) is 6.66. The lowest BCUT2D eigenvalue weighted by Crippen LogP contribution is -2.36. The van der Waals surface area contributed by atoms with E-state index in [-0.39, 0.29) is 10.9 Å². The van der Waals surface area contributed by atoms with Crippen LogP contribution in [0.25, 0.3) is 11.5 Å². The highest BCUT2D eigenvalue weighted by molar-refractivity contribution is 7.89. The first-order chi connectivity index (χ1) is 11.0. The van der Waals surface area contributed by atoms with Gasteiger partial charge in [-0.15, -0.1) is 0 Å². The molecule has 3 heterocycles. The first kappa shape index (κ1) is 16.0. The molecule has 7 heteroatoms. The number of sulfonamides is 1. The third-order valence-corrected chi connectivity index (χ3v) is 6.09. The number of rotatable bonds is 6. The summed E-state index contributed by atoms with van der Waals surface area (Å²) in [6.45, 7) is 4.20. The van der Waals surface area contributed by atoms with Gasteiger partial charge in [0, 0.05) is 24.8 Å². The van der Waals surface area contributed by atoms with Crippen molar-refractivity contribution < 1.29 is 12.8 Å². The van der Waals surface area contributed by atoms with Crippen LogP contribution in [0.3, 0.4) is 0 Å². The van der Waals surface area contributed by atoms with E-state index >= 15 is 0 Å². The number of furan rings is 1. The standard InChI is InChI=1S/C16H21N3O3S/c1-3-4-6-13-7-5-10-19(13)23(20,21)16-11-15(22-12(16)2)14-8-9-17-18-14/h5,7-9,11,13H,3-4,6,10H2,1-2H3,(H,17,18). The maximum absolute atomic E-state index is 13.0. The van der Waals surface area contributed by atoms with Crippen molar-refractivity contribution in [1.29, 1.82) is 0 Å². The lowest BCUT2D eigenvalue weighted by Gasteiger charge is -2.23. The van der Waals surface area contributed by atoms with Gasteiger partial charge in [-0.1, -0.05) is 31.9 Å². The smallest absolute Gasteiger partial charge is 0.247 e. The number of nitrogens with zero attached hydrogens (tertiary/aromatic N) is 2. The molecule has 0 saturated heterocycles. The van der Waals surface area contributed by atoms with E-state index in [0.29, 0.717) is 23.8 Å². The fourth-order valence-electron chi connectivity index (χ4n) is 2.86. The van der Waals surface area contributed by atoms with E-state index in [0.717, 1.165) is 19.3 Å². The molecule has 0 radical (unpaired) electrons. The highest BCUT2D eigenvalue weighted by atomic mass is 32.2. The molecule has 0 fully saturated rings. The topological polar surface area (TPSA) is 79.2 Å². The number of nitrogens with one attached hydrogen (secondary N) is 1. The molecule has 0 aromatic carbocycles. The third kappa shape index (κ3) is 2.98. The van der Waals surface area contributed by atoms with E-state index in [9.17, 15) is 8.42 Å². The molecule has 0 saturated carbocycles. The minimum Gasteiger partial charge on any atom is -0.458 e. The zero-order valence-corrected chi connectivity index (χ0v) is 14.1. The number of aromatic nitrogens is 2. The molecule has 0 amide bonds. The Morgan fingerprint density at radius 1 is 1.48 bits per heavy atom. The van der Waals surface area contributed by atoms with Gasteiger partial charge < -0.3 is 4.42 Å². The quantitative estimate of drug-likeness (QED) is 0.823. The summed E-state index contributed by atoms with van der Waals surface area (Å²) in [5.41, 5.74) is 0.664. The summed E-state index contributed by atoms with van der Waals surface area (Å²) in [7, 11) is -3.58. The van der Waals surface area contributed by atoms with E-state index in [2.05, 4.69) is 17.1 Å². The Balaban J connectivity index is 1.91. The first-order valence-corrected chi connectivity index (χ1v) is 9.26. The van der Waals surface area contributed by atoms with Crippen molar-refractivity contribution in [2.24, 2.45) is 0 Å². The number of hydrogen-bond donors (Lipinski definition) is 1. The zero-order valence-electron chi connectivity index (χ0n) is 13.3. The Morgan fingerprint density at radius 3 is 3.00 bits per heavy atom. The zero-order chi connectivity index (χ0) is 16.4. The fourth-order valence-corrected chi connectivity index (χ4v) is 4.58. The van der Waals surface area contributed by atoms with Gasteiger partial charge in [0.1, 0.15) is 16.3 Å². The number of aryl methyl sites for hydroxylation is 1. The van der Waals surface area contributed by atoms with Crippen LogP contribution in [-0.2, 0) is 10.0 Å². The van der Waals surface area contributed by atoms with Crippen molar-refractivity contribution in [3.05, 3.63) is 36.2 Å². The Morgan fingerprint density at radius 2 is 2.30 bits per heavy atom. The second-order valence-corrected chi connectivity index (χ2v) is 7.57. The molecule has 0 bridgehead atoms. The van der Waals surface area contributed by atoms with Crippen molar-refractivity contribution in [3.63, 3.8) is 0 Å². The van der Waals surface area contributed by atoms with Crippen molar-refractivity contribution in [2.75, 3.05) is 6.54 Å². The van der Waals surface area contributed by atoms with Crippen molar-refractivity contribution in [2.45, 2.75) is 44.0 Å². The molecule has 1 aliphatic rings. The van der Waals surface area contributed by atoms with Gasteiger partial charge in [-0.05, 0) is 19.4 Å². The Bertz CT molecular complexity index is 791. The molecular weight excluding hydrogens is 314 g/mol. The van der Waals surface area contributed by atoms with E-state index in [1.54, 1.807) is 29.6 Å². The molecule has 2 aromatic rings. The van der Waals surface area contributed by atoms with Crippen LogP contribution >= 0.6 is 0 Å². The Labute approximate surface area is 136 Å². The molecule has 23 heavy (non-hydrogen) atoms. The first-order valence-electron chi connectivity index (χ1n) is 7.82. The van der Waals surface area contributed by atoms with Crippen molar-refractivity contribution in [3.8, 4) is 11.5 Å². The molecule has 1 unspecified atom stereocenters. The molecule has 1 aliphatic heterocycles. The number of aromatic amines is 1. The predicted molar refractivity (Wildman–Crippen MR) is 87.4 cm³/mol. The van der Waals surface area contributed by atoms with Gasteiger partial charge in [-0.2, -0.15) is 9.40 Å². The average Bonchev–Trinajstić information content (AvgIpc) is 3.24. The summed E-state index contributed by atoms with van der Waals surface area (Å²) < 4.78 is 33.2. The molecule has 0 spiro atoms. The summed E-state index contributed by atoms with van der Waals surface area (Å²) >= 11 is 0. The van der Waals surface area contributed by atoms with Crippen LogP contribution in [-0.4, -0.2) is 35.5 Å². The van der Waals surface area contributed by atoms with E-state index in [1.807, 2.05) is 12.2 Å². The van der Waals surface area contributed by atoms with E-state index < -0.39 is 10.0 Å². The van der Waals surface area contributed by atoms with Crippen LogP contribution in [0.1, 0.15) is 31.9 Å². The van der Waals surface area contributed by atoms with Gasteiger partial charge in [0.25, 0.3) is 0 Å². The van der Waals surface area contributed by atoms with Gasteiger partial charge in [-0.25, -0.2) is 8.42 Å². The summed E-state index contributed by atoms with van der Waals surface area (Å²) in [6.07, 6.45) is 8.41. The molecule has 2 aromatic heterocycles. The summed E-state index contributed by atoms with van der Waals surface area (Å²) in [5.74, 6) is 0.881. The third-order valence-electron chi connectivity index (χ3n) is 4.09. The van der Waals surface area contributed by atoms with Crippen LogP contribution in [0.2, 0.25) is 0 Å².